The van der Waals surface area contributed by atoms with Crippen LogP contribution < -0.4 is 0 Å². The summed E-state index contributed by atoms with van der Waals surface area (Å²) >= 11 is 0. The van der Waals surface area contributed by atoms with E-state index in [1.165, 1.54) is 141 Å². The number of rotatable bonds is 56. The Labute approximate surface area is 452 Å². The van der Waals surface area contributed by atoms with Gasteiger partial charge in [-0.05, 0) is 96.3 Å². The van der Waals surface area contributed by atoms with Gasteiger partial charge in [0.05, 0.1) is 0 Å². The summed E-state index contributed by atoms with van der Waals surface area (Å²) in [6.07, 6.45) is 80.1. The van der Waals surface area contributed by atoms with Gasteiger partial charge in [0, 0.05) is 19.3 Å². The van der Waals surface area contributed by atoms with Crippen LogP contribution in [0, 0.1) is 0 Å². The Kier molecular flexibility index (Phi) is 58.3. The standard InChI is InChI=1S/C67H116O6/c1-4-7-10-13-16-19-22-25-28-30-32-33-35-37-40-42-45-48-51-54-57-60-66(69)72-63-64(73-67(70)61-58-55-52-49-46-43-38-27-24-21-18-15-12-9-6-3)62-71-65(68)59-56-53-50-47-44-41-39-36-34-31-29-26-23-20-17-14-11-8-5-2/h8,11,17-18,20-21,26-27,29,34,36,38,41,44,64H,4-7,9-10,12-16,19,22-25,28,30-33,35,37,39-40,42-43,45-63H2,1-3H3/b11-8-,20-17-,21-18-,29-26-,36-34-,38-27-,44-41-/t64-/m1/s1. The zero-order chi connectivity index (χ0) is 52.9. The molecule has 0 bridgehead atoms. The van der Waals surface area contributed by atoms with Crippen LogP contribution in [0.1, 0.15) is 303 Å². The summed E-state index contributed by atoms with van der Waals surface area (Å²) in [7, 11) is 0. The SMILES string of the molecule is CC/C=C\C/C=C\C/C=C\C/C=C\C/C=C\CCCCCC(=O)OC[C@H](COC(=O)CCCCCCCCCCCCCCCCCCCCCCC)OC(=O)CCCCCCC/C=C\C/C=C\CCCCC. The third kappa shape index (κ3) is 59.3. The molecule has 0 aliphatic heterocycles. The van der Waals surface area contributed by atoms with Crippen molar-refractivity contribution in [1.29, 1.82) is 0 Å². The van der Waals surface area contributed by atoms with Gasteiger partial charge in [0.15, 0.2) is 6.10 Å². The largest absolute Gasteiger partial charge is 0.462 e. The Hall–Kier alpha value is -3.41. The Balaban J connectivity index is 4.40. The summed E-state index contributed by atoms with van der Waals surface area (Å²) in [5.41, 5.74) is 0. The summed E-state index contributed by atoms with van der Waals surface area (Å²) in [4.78, 5) is 38.3. The molecule has 0 aromatic heterocycles. The smallest absolute Gasteiger partial charge is 0.306 e. The van der Waals surface area contributed by atoms with E-state index in [4.69, 9.17) is 14.2 Å². The van der Waals surface area contributed by atoms with E-state index in [1.807, 2.05) is 0 Å². The number of hydrogen-bond donors (Lipinski definition) is 0. The molecule has 1 atom stereocenters. The van der Waals surface area contributed by atoms with Crippen molar-refractivity contribution < 1.29 is 28.6 Å². The van der Waals surface area contributed by atoms with Crippen molar-refractivity contribution in [3.63, 3.8) is 0 Å². The van der Waals surface area contributed by atoms with E-state index < -0.39 is 6.10 Å². The fraction of sp³-hybridized carbons (Fsp3) is 0.746. The first-order valence-corrected chi connectivity index (χ1v) is 31.1. The van der Waals surface area contributed by atoms with E-state index in [0.717, 1.165) is 122 Å². The Morgan fingerprint density at radius 1 is 0.288 bits per heavy atom. The first-order valence-electron chi connectivity index (χ1n) is 31.1. The molecule has 0 amide bonds. The van der Waals surface area contributed by atoms with E-state index in [9.17, 15) is 14.4 Å². The molecule has 0 saturated heterocycles. The van der Waals surface area contributed by atoms with Crippen LogP contribution in [0.5, 0.6) is 0 Å². The number of unbranched alkanes of at least 4 members (excludes halogenated alkanes) is 31. The molecule has 0 fully saturated rings. The molecule has 0 aliphatic rings. The fourth-order valence-electron chi connectivity index (χ4n) is 8.74. The van der Waals surface area contributed by atoms with Gasteiger partial charge < -0.3 is 14.2 Å². The number of hydrogen-bond acceptors (Lipinski definition) is 6. The van der Waals surface area contributed by atoms with Crippen LogP contribution in [0.3, 0.4) is 0 Å². The van der Waals surface area contributed by atoms with E-state index in [1.54, 1.807) is 0 Å². The van der Waals surface area contributed by atoms with Gasteiger partial charge in [0.1, 0.15) is 13.2 Å². The van der Waals surface area contributed by atoms with Crippen LogP contribution in [-0.4, -0.2) is 37.2 Å². The molecular weight excluding hydrogens is 901 g/mol. The molecule has 0 unspecified atom stereocenters. The maximum absolute atomic E-state index is 12.9. The maximum Gasteiger partial charge on any atom is 0.306 e. The number of carbonyl (C=O) groups is 3. The van der Waals surface area contributed by atoms with Gasteiger partial charge in [-0.2, -0.15) is 0 Å². The molecule has 73 heavy (non-hydrogen) atoms. The highest BCUT2D eigenvalue weighted by Crippen LogP contribution is 2.17. The molecule has 0 aromatic carbocycles. The van der Waals surface area contributed by atoms with Crippen molar-refractivity contribution in [3.8, 4) is 0 Å². The third-order valence-corrected chi connectivity index (χ3v) is 13.4. The van der Waals surface area contributed by atoms with Crippen molar-refractivity contribution in [2.75, 3.05) is 13.2 Å². The predicted octanol–water partition coefficient (Wildman–Crippen LogP) is 21.1. The average Bonchev–Trinajstić information content (AvgIpc) is 3.39. The molecule has 6 nitrogen and oxygen atoms in total. The highest BCUT2D eigenvalue weighted by Gasteiger charge is 2.19. The lowest BCUT2D eigenvalue weighted by molar-refractivity contribution is -0.167. The van der Waals surface area contributed by atoms with Gasteiger partial charge in [-0.25, -0.2) is 0 Å². The number of ether oxygens (including phenoxy) is 3. The minimum atomic E-state index is -0.798. The van der Waals surface area contributed by atoms with E-state index in [0.29, 0.717) is 19.3 Å². The molecule has 0 aromatic rings. The highest BCUT2D eigenvalue weighted by molar-refractivity contribution is 5.71. The first kappa shape index (κ1) is 69.6. The summed E-state index contributed by atoms with van der Waals surface area (Å²) < 4.78 is 16.9. The first-order chi connectivity index (χ1) is 36.0. The van der Waals surface area contributed by atoms with E-state index in [2.05, 4.69) is 106 Å². The van der Waals surface area contributed by atoms with Crippen molar-refractivity contribution in [2.45, 2.75) is 309 Å². The lowest BCUT2D eigenvalue weighted by Crippen LogP contribution is -2.30. The van der Waals surface area contributed by atoms with Crippen LogP contribution >= 0.6 is 0 Å². The van der Waals surface area contributed by atoms with Crippen molar-refractivity contribution in [3.05, 3.63) is 85.1 Å². The van der Waals surface area contributed by atoms with Crippen LogP contribution in [0.2, 0.25) is 0 Å². The van der Waals surface area contributed by atoms with Gasteiger partial charge in [-0.15, -0.1) is 0 Å². The second kappa shape index (κ2) is 61.1. The fourth-order valence-corrected chi connectivity index (χ4v) is 8.74. The quantitative estimate of drug-likeness (QED) is 0.0261. The minimum absolute atomic E-state index is 0.0908. The lowest BCUT2D eigenvalue weighted by atomic mass is 10.0. The third-order valence-electron chi connectivity index (χ3n) is 13.4. The zero-order valence-corrected chi connectivity index (χ0v) is 48.1. The molecule has 0 heterocycles. The van der Waals surface area contributed by atoms with E-state index in [-0.39, 0.29) is 31.1 Å². The van der Waals surface area contributed by atoms with Gasteiger partial charge in [-0.3, -0.25) is 14.4 Å². The van der Waals surface area contributed by atoms with Gasteiger partial charge in [0.25, 0.3) is 0 Å². The second-order valence-electron chi connectivity index (χ2n) is 20.6. The van der Waals surface area contributed by atoms with Crippen LogP contribution in [-0.2, 0) is 28.6 Å². The molecule has 0 radical (unpaired) electrons. The van der Waals surface area contributed by atoms with Crippen LogP contribution in [0.25, 0.3) is 0 Å². The Morgan fingerprint density at radius 3 is 0.877 bits per heavy atom. The predicted molar refractivity (Wildman–Crippen MR) is 316 cm³/mol. The van der Waals surface area contributed by atoms with Gasteiger partial charge in [0.2, 0.25) is 0 Å². The summed E-state index contributed by atoms with van der Waals surface area (Å²) in [5, 5.41) is 0. The number of allylic oxidation sites excluding steroid dienone is 14. The normalized spacial score (nSPS) is 12.6. The molecular formula is C67H116O6. The summed E-state index contributed by atoms with van der Waals surface area (Å²) in [6.45, 7) is 6.49. The Morgan fingerprint density at radius 2 is 0.534 bits per heavy atom. The zero-order valence-electron chi connectivity index (χ0n) is 48.1. The molecule has 0 spiro atoms. The number of esters is 3. The molecule has 0 N–H and O–H groups in total. The van der Waals surface area contributed by atoms with E-state index >= 15 is 0 Å². The lowest BCUT2D eigenvalue weighted by Gasteiger charge is -2.18. The molecule has 0 rings (SSSR count). The summed E-state index contributed by atoms with van der Waals surface area (Å²) in [5.74, 6) is -0.927. The van der Waals surface area contributed by atoms with Crippen LogP contribution in [0.15, 0.2) is 85.1 Å². The minimum Gasteiger partial charge on any atom is -0.462 e. The topological polar surface area (TPSA) is 78.9 Å². The molecule has 420 valence electrons. The second-order valence-corrected chi connectivity index (χ2v) is 20.6. The maximum atomic E-state index is 12.9. The molecule has 0 saturated carbocycles. The monoisotopic (exact) mass is 1020 g/mol. The van der Waals surface area contributed by atoms with Crippen molar-refractivity contribution in [2.24, 2.45) is 0 Å². The van der Waals surface area contributed by atoms with Crippen molar-refractivity contribution in [1.82, 2.24) is 0 Å². The van der Waals surface area contributed by atoms with Crippen LogP contribution in [0.4, 0.5) is 0 Å². The molecule has 6 heteroatoms. The molecule has 0 aliphatic carbocycles. The van der Waals surface area contributed by atoms with Gasteiger partial charge in [-0.1, -0.05) is 273 Å². The highest BCUT2D eigenvalue weighted by atomic mass is 16.6. The van der Waals surface area contributed by atoms with Gasteiger partial charge >= 0.3 is 17.9 Å². The van der Waals surface area contributed by atoms with Crippen molar-refractivity contribution >= 4 is 17.9 Å². The number of carbonyl (C=O) groups excluding carboxylic acids is 3. The average molecular weight is 1020 g/mol. The Bertz CT molecular complexity index is 1400. The summed E-state index contributed by atoms with van der Waals surface area (Å²) in [6, 6.07) is 0.